The van der Waals surface area contributed by atoms with Crippen molar-refractivity contribution < 1.29 is 4.42 Å². The molecule has 0 saturated carbocycles. The first kappa shape index (κ1) is 10.8. The lowest BCUT2D eigenvalue weighted by atomic mass is 10.1. The fourth-order valence-corrected chi connectivity index (χ4v) is 1.85. The van der Waals surface area contributed by atoms with Crippen molar-refractivity contribution in [2.24, 2.45) is 0 Å². The summed E-state index contributed by atoms with van der Waals surface area (Å²) in [6.45, 7) is 5.76. The molecule has 2 heterocycles. The lowest BCUT2D eigenvalue weighted by Gasteiger charge is -2.01. The molecule has 0 saturated heterocycles. The molecule has 2 rings (SSSR count). The van der Waals surface area contributed by atoms with Gasteiger partial charge >= 0.3 is 0 Å². The van der Waals surface area contributed by atoms with Crippen LogP contribution in [-0.2, 0) is 0 Å². The minimum absolute atomic E-state index is 0.226. The van der Waals surface area contributed by atoms with Crippen LogP contribution < -0.4 is 5.73 Å². The summed E-state index contributed by atoms with van der Waals surface area (Å²) in [6.07, 6.45) is 0. The molecule has 0 aliphatic heterocycles. The Hall–Kier alpha value is -1.69. The number of H-pyrrole nitrogens is 1. The number of anilines is 1. The van der Waals surface area contributed by atoms with Gasteiger partial charge in [0.15, 0.2) is 0 Å². The summed E-state index contributed by atoms with van der Waals surface area (Å²) in [5, 5.41) is 0. The number of nitrogens with two attached hydrogens (primary N) is 1. The monoisotopic (exact) mass is 236 g/mol. The van der Waals surface area contributed by atoms with Crippen LogP contribution in [0.2, 0.25) is 0 Å². The lowest BCUT2D eigenvalue weighted by Crippen LogP contribution is -2.00. The predicted octanol–water partition coefficient (Wildman–Crippen LogP) is 2.30. The van der Waals surface area contributed by atoms with Gasteiger partial charge in [0.1, 0.15) is 17.3 Å². The fraction of sp³-hybridized carbons (Fsp3) is 0.300. The Balaban J connectivity index is 2.71. The molecule has 0 spiro atoms. The number of rotatable bonds is 1. The molecule has 0 fully saturated rings. The quantitative estimate of drug-likeness (QED) is 0.742. The Morgan fingerprint density at radius 2 is 1.88 bits per heavy atom. The Bertz CT molecular complexity index is 599. The zero-order chi connectivity index (χ0) is 11.9. The maximum atomic E-state index is 5.60. The number of nitrogen functional groups attached to an aromatic ring is 1. The molecule has 84 valence electrons. The summed E-state index contributed by atoms with van der Waals surface area (Å²) in [5.74, 6) is 2.51. The highest BCUT2D eigenvalue weighted by atomic mass is 32.1. The fourth-order valence-electron chi connectivity index (χ4n) is 1.66. The second-order valence-electron chi connectivity index (χ2n) is 3.58. The molecule has 5 nitrogen and oxygen atoms in total. The molecule has 0 radical (unpaired) electrons. The summed E-state index contributed by atoms with van der Waals surface area (Å²) in [4.78, 5) is 10.9. The van der Waals surface area contributed by atoms with Gasteiger partial charge in [-0.2, -0.15) is 4.98 Å². The second-order valence-corrected chi connectivity index (χ2v) is 3.94. The van der Waals surface area contributed by atoms with E-state index in [1.165, 1.54) is 0 Å². The van der Waals surface area contributed by atoms with Crippen LogP contribution in [0.25, 0.3) is 11.4 Å². The maximum Gasteiger partial charge on any atom is 0.224 e. The molecular weight excluding hydrogens is 224 g/mol. The van der Waals surface area contributed by atoms with Crippen LogP contribution in [0.5, 0.6) is 0 Å². The number of nitrogens with one attached hydrogen (secondary N) is 1. The number of hydrogen-bond donors (Lipinski definition) is 2. The standard InChI is InChI=1S/C10H12N4OS/c1-4-5(2)15-6(3)7(4)8-12-9(11)14-10(16)13-8/h1-3H3,(H3,11,12,13,14,16). The molecular formula is C10H12N4OS. The molecule has 3 N–H and O–H groups in total. The highest BCUT2D eigenvalue weighted by molar-refractivity contribution is 7.71. The summed E-state index contributed by atoms with van der Waals surface area (Å²) in [6, 6.07) is 0. The van der Waals surface area contributed by atoms with Gasteiger partial charge in [0.25, 0.3) is 0 Å². The van der Waals surface area contributed by atoms with E-state index in [4.69, 9.17) is 22.4 Å². The van der Waals surface area contributed by atoms with E-state index in [9.17, 15) is 0 Å². The number of aromatic amines is 1. The van der Waals surface area contributed by atoms with Crippen molar-refractivity contribution in [2.45, 2.75) is 20.8 Å². The molecule has 16 heavy (non-hydrogen) atoms. The number of nitrogens with zero attached hydrogens (tertiary/aromatic N) is 2. The Morgan fingerprint density at radius 1 is 1.19 bits per heavy atom. The van der Waals surface area contributed by atoms with Gasteiger partial charge in [-0.05, 0) is 33.0 Å². The third-order valence-electron chi connectivity index (χ3n) is 2.47. The summed E-state index contributed by atoms with van der Waals surface area (Å²) in [5.41, 5.74) is 7.53. The minimum atomic E-state index is 0.226. The van der Waals surface area contributed by atoms with Gasteiger partial charge in [-0.3, -0.25) is 0 Å². The van der Waals surface area contributed by atoms with Gasteiger partial charge in [-0.25, -0.2) is 4.98 Å². The maximum absolute atomic E-state index is 5.60. The topological polar surface area (TPSA) is 80.7 Å². The Labute approximate surface area is 97.7 Å². The minimum Gasteiger partial charge on any atom is -0.466 e. The van der Waals surface area contributed by atoms with Gasteiger partial charge < -0.3 is 15.1 Å². The van der Waals surface area contributed by atoms with Gasteiger partial charge in [0, 0.05) is 5.56 Å². The third-order valence-corrected chi connectivity index (χ3v) is 2.65. The van der Waals surface area contributed by atoms with Gasteiger partial charge in [-0.15, -0.1) is 0 Å². The van der Waals surface area contributed by atoms with Crippen LogP contribution in [-0.4, -0.2) is 15.0 Å². The highest BCUT2D eigenvalue weighted by Crippen LogP contribution is 2.28. The largest absolute Gasteiger partial charge is 0.466 e. The smallest absolute Gasteiger partial charge is 0.224 e. The number of aryl methyl sites for hydroxylation is 2. The molecule has 2 aromatic rings. The van der Waals surface area contributed by atoms with Crippen LogP contribution in [0.4, 0.5) is 5.95 Å². The van der Waals surface area contributed by atoms with Crippen LogP contribution in [0.1, 0.15) is 17.1 Å². The molecule has 0 aromatic carbocycles. The van der Waals surface area contributed by atoms with Crippen LogP contribution >= 0.6 is 12.2 Å². The molecule has 6 heteroatoms. The lowest BCUT2D eigenvalue weighted by molar-refractivity contribution is 0.503. The molecule has 0 atom stereocenters. The highest BCUT2D eigenvalue weighted by Gasteiger charge is 2.15. The molecule has 0 aliphatic carbocycles. The summed E-state index contributed by atoms with van der Waals surface area (Å²) in [7, 11) is 0. The van der Waals surface area contributed by atoms with E-state index >= 15 is 0 Å². The second kappa shape index (κ2) is 3.71. The van der Waals surface area contributed by atoms with Crippen LogP contribution in [0.3, 0.4) is 0 Å². The third kappa shape index (κ3) is 1.71. The SMILES string of the molecule is Cc1oc(C)c(-c2nc(=S)nc(N)[nH]2)c1C. The van der Waals surface area contributed by atoms with Crippen molar-refractivity contribution in [1.29, 1.82) is 0 Å². The predicted molar refractivity (Wildman–Crippen MR) is 63.5 cm³/mol. The van der Waals surface area contributed by atoms with E-state index in [0.717, 1.165) is 22.6 Å². The normalized spacial score (nSPS) is 10.7. The molecule has 0 unspecified atom stereocenters. The summed E-state index contributed by atoms with van der Waals surface area (Å²) >= 11 is 4.93. The van der Waals surface area contributed by atoms with Crippen molar-refractivity contribution in [3.8, 4) is 11.4 Å². The van der Waals surface area contributed by atoms with Crippen molar-refractivity contribution in [2.75, 3.05) is 5.73 Å². The van der Waals surface area contributed by atoms with Gasteiger partial charge in [0.05, 0.1) is 5.56 Å². The van der Waals surface area contributed by atoms with Crippen molar-refractivity contribution in [1.82, 2.24) is 15.0 Å². The van der Waals surface area contributed by atoms with E-state index < -0.39 is 0 Å². The van der Waals surface area contributed by atoms with Crippen molar-refractivity contribution >= 4 is 18.2 Å². The molecule has 0 aliphatic rings. The van der Waals surface area contributed by atoms with Crippen LogP contribution in [0, 0.1) is 25.5 Å². The van der Waals surface area contributed by atoms with Crippen LogP contribution in [0.15, 0.2) is 4.42 Å². The van der Waals surface area contributed by atoms with Gasteiger partial charge in [0.2, 0.25) is 10.7 Å². The number of furan rings is 1. The number of hydrogen-bond acceptors (Lipinski definition) is 5. The first-order chi connectivity index (χ1) is 7.49. The first-order valence-electron chi connectivity index (χ1n) is 4.80. The van der Waals surface area contributed by atoms with E-state index in [0.29, 0.717) is 5.82 Å². The van der Waals surface area contributed by atoms with E-state index in [1.807, 2.05) is 20.8 Å². The van der Waals surface area contributed by atoms with E-state index in [-0.39, 0.29) is 10.7 Å². The molecule has 0 bridgehead atoms. The first-order valence-corrected chi connectivity index (χ1v) is 5.20. The average Bonchev–Trinajstić information content (AvgIpc) is 2.39. The molecule has 0 amide bonds. The average molecular weight is 236 g/mol. The van der Waals surface area contributed by atoms with Crippen molar-refractivity contribution in [3.63, 3.8) is 0 Å². The van der Waals surface area contributed by atoms with Crippen molar-refractivity contribution in [3.05, 3.63) is 21.9 Å². The van der Waals surface area contributed by atoms with Gasteiger partial charge in [-0.1, -0.05) is 0 Å². The molecule has 2 aromatic heterocycles. The van der Waals surface area contributed by atoms with E-state index in [1.54, 1.807) is 0 Å². The summed E-state index contributed by atoms with van der Waals surface area (Å²) < 4.78 is 5.75. The Morgan fingerprint density at radius 3 is 2.38 bits per heavy atom. The zero-order valence-corrected chi connectivity index (χ0v) is 10.1. The number of aromatic nitrogens is 3. The van der Waals surface area contributed by atoms with E-state index in [2.05, 4.69) is 15.0 Å². The Kier molecular flexibility index (Phi) is 2.51. The zero-order valence-electron chi connectivity index (χ0n) is 9.29.